The molecule has 0 fully saturated rings. The summed E-state index contributed by atoms with van der Waals surface area (Å²) in [5.74, 6) is -0.113. The summed E-state index contributed by atoms with van der Waals surface area (Å²) in [6.45, 7) is 1.70. The zero-order chi connectivity index (χ0) is 16.9. The van der Waals surface area contributed by atoms with Gasteiger partial charge in [-0.25, -0.2) is 13.1 Å². The molecule has 122 valence electrons. The van der Waals surface area contributed by atoms with Crippen LogP contribution in [0.25, 0.3) is 0 Å². The predicted octanol–water partition coefficient (Wildman–Crippen LogP) is 1.21. The van der Waals surface area contributed by atoms with Crippen LogP contribution in [0.1, 0.15) is 12.0 Å². The van der Waals surface area contributed by atoms with E-state index in [1.165, 1.54) is 12.1 Å². The molecule has 0 heterocycles. The van der Waals surface area contributed by atoms with Crippen LogP contribution in [-0.4, -0.2) is 20.9 Å². The van der Waals surface area contributed by atoms with Crippen LogP contribution in [0, 0.1) is 6.92 Å². The van der Waals surface area contributed by atoms with Gasteiger partial charge in [0.2, 0.25) is 10.0 Å². The van der Waals surface area contributed by atoms with E-state index in [0.717, 1.165) is 5.56 Å². The maximum Gasteiger partial charge on any atom is 0.240 e. The van der Waals surface area contributed by atoms with Crippen LogP contribution in [0.15, 0.2) is 53.4 Å². The van der Waals surface area contributed by atoms with Crippen LogP contribution >= 0.6 is 0 Å². The van der Waals surface area contributed by atoms with Gasteiger partial charge >= 0.3 is 0 Å². The molecule has 2 aromatic rings. The van der Waals surface area contributed by atoms with E-state index < -0.39 is 16.0 Å². The van der Waals surface area contributed by atoms with Gasteiger partial charge in [-0.05, 0) is 42.8 Å². The summed E-state index contributed by atoms with van der Waals surface area (Å²) in [7, 11) is -3.75. The Kier molecular flexibility index (Phi) is 5.36. The topological polar surface area (TPSA) is 95.5 Å². The molecule has 0 unspecified atom stereocenters. The number of aryl methyl sites for hydroxylation is 1. The Morgan fingerprint density at radius 1 is 1.13 bits per heavy atom. The molecule has 0 spiro atoms. The number of benzene rings is 2. The molecule has 0 aliphatic carbocycles. The highest BCUT2D eigenvalue weighted by molar-refractivity contribution is 7.89. The van der Waals surface area contributed by atoms with Gasteiger partial charge in [0.15, 0.2) is 0 Å². The van der Waals surface area contributed by atoms with Crippen molar-refractivity contribution in [2.24, 2.45) is 0 Å². The first-order chi connectivity index (χ1) is 10.9. The average molecular weight is 334 g/mol. The number of carbonyl (C=O) groups is 1. The van der Waals surface area contributed by atoms with Crippen molar-refractivity contribution in [3.8, 4) is 11.5 Å². The normalized spacial score (nSPS) is 11.2. The molecule has 0 saturated heterocycles. The van der Waals surface area contributed by atoms with Gasteiger partial charge in [-0.3, -0.25) is 0 Å². The number of aliphatic carboxylic acids is 1. The first kappa shape index (κ1) is 17.0. The third kappa shape index (κ3) is 4.80. The first-order valence-corrected chi connectivity index (χ1v) is 8.40. The van der Waals surface area contributed by atoms with E-state index in [0.29, 0.717) is 11.5 Å². The van der Waals surface area contributed by atoms with Crippen LogP contribution in [0.5, 0.6) is 11.5 Å². The molecule has 1 N–H and O–H groups in total. The lowest BCUT2D eigenvalue weighted by Gasteiger charge is -2.10. The van der Waals surface area contributed by atoms with Gasteiger partial charge in [0.25, 0.3) is 0 Å². The van der Waals surface area contributed by atoms with Crippen molar-refractivity contribution in [3.63, 3.8) is 0 Å². The molecule has 0 atom stereocenters. The average Bonchev–Trinajstić information content (AvgIpc) is 2.49. The number of sulfonamides is 1. The van der Waals surface area contributed by atoms with Gasteiger partial charge in [0.05, 0.1) is 4.90 Å². The fraction of sp³-hybridized carbons (Fsp3) is 0.188. The van der Waals surface area contributed by atoms with Crippen molar-refractivity contribution < 1.29 is 23.1 Å². The number of rotatable bonds is 7. The van der Waals surface area contributed by atoms with Crippen LogP contribution in [0.2, 0.25) is 0 Å². The van der Waals surface area contributed by atoms with Gasteiger partial charge in [-0.1, -0.05) is 18.2 Å². The van der Waals surface area contributed by atoms with E-state index in [1.807, 2.05) is 31.2 Å². The molecular formula is C16H16NO5S-. The minimum absolute atomic E-state index is 0.0352. The van der Waals surface area contributed by atoms with Crippen LogP contribution in [0.3, 0.4) is 0 Å². The summed E-state index contributed by atoms with van der Waals surface area (Å²) >= 11 is 0. The van der Waals surface area contributed by atoms with Crippen molar-refractivity contribution in [1.29, 1.82) is 0 Å². The van der Waals surface area contributed by atoms with E-state index in [1.54, 1.807) is 12.1 Å². The van der Waals surface area contributed by atoms with Gasteiger partial charge in [0, 0.05) is 18.9 Å². The first-order valence-electron chi connectivity index (χ1n) is 6.91. The van der Waals surface area contributed by atoms with E-state index in [-0.39, 0.29) is 17.9 Å². The Hall–Kier alpha value is -2.38. The van der Waals surface area contributed by atoms with Crippen LogP contribution < -0.4 is 14.6 Å². The molecule has 0 aliphatic rings. The molecule has 2 aromatic carbocycles. The van der Waals surface area contributed by atoms with Gasteiger partial charge < -0.3 is 14.6 Å². The molecule has 23 heavy (non-hydrogen) atoms. The standard InChI is InChI=1S/C16H17NO5S/c1-12-4-2-3-5-15(12)22-13-6-8-14(9-7-13)23(20,21)17-11-10-16(18)19/h2-9,17H,10-11H2,1H3,(H,18,19)/p-1. The maximum atomic E-state index is 12.0. The Morgan fingerprint density at radius 3 is 2.39 bits per heavy atom. The monoisotopic (exact) mass is 334 g/mol. The van der Waals surface area contributed by atoms with Crippen molar-refractivity contribution in [1.82, 2.24) is 4.72 Å². The number of carbonyl (C=O) groups excluding carboxylic acids is 1. The molecule has 0 amide bonds. The number of nitrogens with one attached hydrogen (secondary N) is 1. The van der Waals surface area contributed by atoms with Gasteiger partial charge in [-0.15, -0.1) is 0 Å². The highest BCUT2D eigenvalue weighted by Gasteiger charge is 2.13. The van der Waals surface area contributed by atoms with Crippen molar-refractivity contribution in [3.05, 3.63) is 54.1 Å². The molecule has 0 aromatic heterocycles. The summed E-state index contributed by atoms with van der Waals surface area (Å²) in [4.78, 5) is 10.3. The number of para-hydroxylation sites is 1. The minimum atomic E-state index is -3.75. The third-order valence-electron chi connectivity index (χ3n) is 3.08. The molecule has 0 radical (unpaired) electrons. The van der Waals surface area contributed by atoms with Crippen molar-refractivity contribution in [2.45, 2.75) is 18.2 Å². The lowest BCUT2D eigenvalue weighted by molar-refractivity contribution is -0.305. The largest absolute Gasteiger partial charge is 0.550 e. The molecule has 0 aliphatic heterocycles. The number of carboxylic acid groups (broad SMARTS) is 1. The zero-order valence-electron chi connectivity index (χ0n) is 12.5. The summed E-state index contributed by atoms with van der Waals surface area (Å²) in [5, 5.41) is 10.3. The number of hydrogen-bond acceptors (Lipinski definition) is 5. The minimum Gasteiger partial charge on any atom is -0.550 e. The lowest BCUT2D eigenvalue weighted by atomic mass is 10.2. The smallest absolute Gasteiger partial charge is 0.240 e. The maximum absolute atomic E-state index is 12.0. The van der Waals surface area contributed by atoms with Gasteiger partial charge in [0.1, 0.15) is 11.5 Å². The van der Waals surface area contributed by atoms with E-state index >= 15 is 0 Å². The second-order valence-electron chi connectivity index (χ2n) is 4.86. The Balaban J connectivity index is 2.07. The SMILES string of the molecule is Cc1ccccc1Oc1ccc(S(=O)(=O)NCCC(=O)[O-])cc1. The predicted molar refractivity (Wildman–Crippen MR) is 82.5 cm³/mol. The summed E-state index contributed by atoms with van der Waals surface area (Å²) < 4.78 is 31.8. The van der Waals surface area contributed by atoms with E-state index in [4.69, 9.17) is 4.74 Å². The second-order valence-corrected chi connectivity index (χ2v) is 6.63. The lowest BCUT2D eigenvalue weighted by Crippen LogP contribution is -2.31. The van der Waals surface area contributed by atoms with Crippen LogP contribution in [-0.2, 0) is 14.8 Å². The Bertz CT molecular complexity index is 784. The zero-order valence-corrected chi connectivity index (χ0v) is 13.3. The summed E-state index contributed by atoms with van der Waals surface area (Å²) in [5.41, 5.74) is 0.966. The Labute approximate surface area is 134 Å². The summed E-state index contributed by atoms with van der Waals surface area (Å²) in [6, 6.07) is 13.4. The van der Waals surface area contributed by atoms with Crippen molar-refractivity contribution in [2.75, 3.05) is 6.54 Å². The highest BCUT2D eigenvalue weighted by atomic mass is 32.2. The van der Waals surface area contributed by atoms with Gasteiger partial charge in [-0.2, -0.15) is 0 Å². The summed E-state index contributed by atoms with van der Waals surface area (Å²) in [6.07, 6.45) is -0.381. The Morgan fingerprint density at radius 2 is 1.78 bits per heavy atom. The highest BCUT2D eigenvalue weighted by Crippen LogP contribution is 2.25. The molecule has 7 heteroatoms. The number of hydrogen-bond donors (Lipinski definition) is 1. The fourth-order valence-corrected chi connectivity index (χ4v) is 2.89. The molecule has 6 nitrogen and oxygen atoms in total. The molecule has 0 saturated carbocycles. The fourth-order valence-electron chi connectivity index (χ4n) is 1.86. The quantitative estimate of drug-likeness (QED) is 0.821. The second kappa shape index (κ2) is 7.26. The molecule has 0 bridgehead atoms. The van der Waals surface area contributed by atoms with Crippen molar-refractivity contribution >= 4 is 16.0 Å². The molecular weight excluding hydrogens is 318 g/mol. The third-order valence-corrected chi connectivity index (χ3v) is 4.55. The van der Waals surface area contributed by atoms with Crippen LogP contribution in [0.4, 0.5) is 0 Å². The van der Waals surface area contributed by atoms with E-state index in [9.17, 15) is 18.3 Å². The van der Waals surface area contributed by atoms with E-state index in [2.05, 4.69) is 4.72 Å². The number of ether oxygens (including phenoxy) is 1. The number of carboxylic acids is 1. The molecule has 2 rings (SSSR count).